The van der Waals surface area contributed by atoms with E-state index in [0.29, 0.717) is 5.92 Å². The topological polar surface area (TPSA) is 24.9 Å². The lowest BCUT2D eigenvalue weighted by atomic mass is 10.1. The van der Waals surface area contributed by atoms with Crippen molar-refractivity contribution in [2.75, 3.05) is 6.54 Å². The molecule has 0 amide bonds. The molecule has 1 aromatic heterocycles. The van der Waals surface area contributed by atoms with Crippen molar-refractivity contribution >= 4 is 11.3 Å². The predicted octanol–water partition coefficient (Wildman–Crippen LogP) is 3.72. The van der Waals surface area contributed by atoms with E-state index in [1.807, 2.05) is 11.3 Å². The lowest BCUT2D eigenvalue weighted by Crippen LogP contribution is -2.13. The Morgan fingerprint density at radius 3 is 2.62 bits per heavy atom. The van der Waals surface area contributed by atoms with Crippen LogP contribution in [0.5, 0.6) is 0 Å². The maximum Gasteiger partial charge on any atom is 0.0959 e. The molecule has 0 aliphatic heterocycles. The minimum atomic E-state index is 0.607. The summed E-state index contributed by atoms with van der Waals surface area (Å²) >= 11 is 1.89. The number of thiazole rings is 1. The highest BCUT2D eigenvalue weighted by atomic mass is 32.1. The molecule has 0 aliphatic rings. The third kappa shape index (κ3) is 3.56. The highest BCUT2D eigenvalue weighted by Crippen LogP contribution is 2.27. The quantitative estimate of drug-likeness (QED) is 0.735. The van der Waals surface area contributed by atoms with Gasteiger partial charge in [-0.25, -0.2) is 4.98 Å². The number of aromatic nitrogens is 1. The van der Waals surface area contributed by atoms with Gasteiger partial charge in [-0.3, -0.25) is 0 Å². The Kier molecular flexibility index (Phi) is 5.99. The predicted molar refractivity (Wildman–Crippen MR) is 72.2 cm³/mol. The average molecular weight is 240 g/mol. The summed E-state index contributed by atoms with van der Waals surface area (Å²) in [6.45, 7) is 11.0. The molecule has 1 aromatic rings. The SMILES string of the molecule is CCCNCc1sc(C(C)CC)nc1CC. The van der Waals surface area contributed by atoms with Gasteiger partial charge < -0.3 is 5.32 Å². The zero-order valence-electron chi connectivity index (χ0n) is 11.0. The van der Waals surface area contributed by atoms with Crippen LogP contribution in [0.1, 0.15) is 62.0 Å². The van der Waals surface area contributed by atoms with Gasteiger partial charge in [-0.1, -0.05) is 27.7 Å². The Balaban J connectivity index is 2.70. The zero-order valence-corrected chi connectivity index (χ0v) is 11.8. The lowest BCUT2D eigenvalue weighted by Gasteiger charge is -2.02. The molecule has 0 aliphatic carbocycles. The maximum absolute atomic E-state index is 4.76. The fraction of sp³-hybridized carbons (Fsp3) is 0.769. The summed E-state index contributed by atoms with van der Waals surface area (Å²) in [5, 5.41) is 4.78. The summed E-state index contributed by atoms with van der Waals surface area (Å²) in [6, 6.07) is 0. The highest BCUT2D eigenvalue weighted by Gasteiger charge is 2.13. The summed E-state index contributed by atoms with van der Waals surface area (Å²) in [7, 11) is 0. The van der Waals surface area contributed by atoms with Gasteiger partial charge in [-0.05, 0) is 25.8 Å². The van der Waals surface area contributed by atoms with Crippen LogP contribution in [0.4, 0.5) is 0 Å². The van der Waals surface area contributed by atoms with Gasteiger partial charge in [0.1, 0.15) is 0 Å². The van der Waals surface area contributed by atoms with Crippen LogP contribution in [-0.4, -0.2) is 11.5 Å². The first-order valence-corrected chi connectivity index (χ1v) is 7.23. The number of nitrogens with one attached hydrogen (secondary N) is 1. The summed E-state index contributed by atoms with van der Waals surface area (Å²) in [6.07, 6.45) is 3.42. The zero-order chi connectivity index (χ0) is 12.0. The molecule has 0 bridgehead atoms. The van der Waals surface area contributed by atoms with Crippen LogP contribution < -0.4 is 5.32 Å². The third-order valence-corrected chi connectivity index (χ3v) is 4.21. The Bertz CT molecular complexity index is 307. The largest absolute Gasteiger partial charge is 0.312 e. The van der Waals surface area contributed by atoms with Gasteiger partial charge in [0.25, 0.3) is 0 Å². The monoisotopic (exact) mass is 240 g/mol. The molecule has 0 aromatic carbocycles. The van der Waals surface area contributed by atoms with E-state index in [1.54, 1.807) is 0 Å². The van der Waals surface area contributed by atoms with Crippen LogP contribution in [0.3, 0.4) is 0 Å². The lowest BCUT2D eigenvalue weighted by molar-refractivity contribution is 0.676. The maximum atomic E-state index is 4.76. The smallest absolute Gasteiger partial charge is 0.0959 e. The molecule has 92 valence electrons. The fourth-order valence-corrected chi connectivity index (χ4v) is 2.84. The fourth-order valence-electron chi connectivity index (χ4n) is 1.58. The van der Waals surface area contributed by atoms with Gasteiger partial charge in [0.15, 0.2) is 0 Å². The number of nitrogens with zero attached hydrogens (tertiary/aromatic N) is 1. The summed E-state index contributed by atoms with van der Waals surface area (Å²) in [5.74, 6) is 0.607. The molecule has 16 heavy (non-hydrogen) atoms. The van der Waals surface area contributed by atoms with Crippen molar-refractivity contribution in [3.05, 3.63) is 15.6 Å². The molecule has 0 fully saturated rings. The van der Waals surface area contributed by atoms with Crippen LogP contribution >= 0.6 is 11.3 Å². The van der Waals surface area contributed by atoms with Crippen LogP contribution in [0.2, 0.25) is 0 Å². The number of hydrogen-bond donors (Lipinski definition) is 1. The van der Waals surface area contributed by atoms with Gasteiger partial charge in [-0.2, -0.15) is 0 Å². The van der Waals surface area contributed by atoms with Crippen molar-refractivity contribution in [3.63, 3.8) is 0 Å². The van der Waals surface area contributed by atoms with E-state index in [4.69, 9.17) is 4.98 Å². The van der Waals surface area contributed by atoms with Crippen molar-refractivity contribution in [1.82, 2.24) is 10.3 Å². The molecular weight excluding hydrogens is 216 g/mol. The molecule has 0 saturated heterocycles. The number of hydrogen-bond acceptors (Lipinski definition) is 3. The van der Waals surface area contributed by atoms with Gasteiger partial charge in [0.2, 0.25) is 0 Å². The van der Waals surface area contributed by atoms with E-state index in [2.05, 4.69) is 33.0 Å². The van der Waals surface area contributed by atoms with Crippen molar-refractivity contribution in [2.24, 2.45) is 0 Å². The highest BCUT2D eigenvalue weighted by molar-refractivity contribution is 7.11. The van der Waals surface area contributed by atoms with Crippen LogP contribution in [0.15, 0.2) is 0 Å². The van der Waals surface area contributed by atoms with Crippen molar-refractivity contribution in [2.45, 2.75) is 59.4 Å². The van der Waals surface area contributed by atoms with Gasteiger partial charge in [0.05, 0.1) is 10.7 Å². The van der Waals surface area contributed by atoms with E-state index in [0.717, 1.165) is 19.5 Å². The first-order chi connectivity index (χ1) is 7.72. The Labute approximate surface area is 103 Å². The molecule has 0 radical (unpaired) electrons. The van der Waals surface area contributed by atoms with Crippen LogP contribution in [0.25, 0.3) is 0 Å². The van der Waals surface area contributed by atoms with Gasteiger partial charge in [-0.15, -0.1) is 11.3 Å². The molecule has 1 N–H and O–H groups in total. The molecule has 1 unspecified atom stereocenters. The third-order valence-electron chi connectivity index (χ3n) is 2.88. The van der Waals surface area contributed by atoms with Crippen LogP contribution in [0, 0.1) is 0 Å². The number of aryl methyl sites for hydroxylation is 1. The molecule has 2 nitrogen and oxygen atoms in total. The summed E-state index contributed by atoms with van der Waals surface area (Å²) in [4.78, 5) is 6.19. The first-order valence-electron chi connectivity index (χ1n) is 6.42. The average Bonchev–Trinajstić information content (AvgIpc) is 2.72. The van der Waals surface area contributed by atoms with Crippen molar-refractivity contribution in [1.29, 1.82) is 0 Å². The molecule has 1 rings (SSSR count). The molecule has 3 heteroatoms. The standard InChI is InChI=1S/C13H24N2S/c1-5-8-14-9-12-11(7-3)15-13(16-12)10(4)6-2/h10,14H,5-9H2,1-4H3. The van der Waals surface area contributed by atoms with E-state index < -0.39 is 0 Å². The summed E-state index contributed by atoms with van der Waals surface area (Å²) in [5.41, 5.74) is 1.30. The Morgan fingerprint density at radius 2 is 2.06 bits per heavy atom. The minimum Gasteiger partial charge on any atom is -0.312 e. The molecular formula is C13H24N2S. The van der Waals surface area contributed by atoms with E-state index in [-0.39, 0.29) is 0 Å². The van der Waals surface area contributed by atoms with Gasteiger partial charge >= 0.3 is 0 Å². The van der Waals surface area contributed by atoms with Crippen LogP contribution in [-0.2, 0) is 13.0 Å². The van der Waals surface area contributed by atoms with E-state index >= 15 is 0 Å². The minimum absolute atomic E-state index is 0.607. The van der Waals surface area contributed by atoms with E-state index in [9.17, 15) is 0 Å². The number of rotatable bonds is 7. The second kappa shape index (κ2) is 7.02. The second-order valence-electron chi connectivity index (χ2n) is 4.26. The Morgan fingerprint density at radius 1 is 1.31 bits per heavy atom. The van der Waals surface area contributed by atoms with E-state index in [1.165, 1.54) is 28.4 Å². The molecule has 1 atom stereocenters. The van der Waals surface area contributed by atoms with Crippen molar-refractivity contribution < 1.29 is 0 Å². The normalized spacial score (nSPS) is 13.0. The Hall–Kier alpha value is -0.410. The second-order valence-corrected chi connectivity index (χ2v) is 5.38. The molecule has 0 saturated carbocycles. The molecule has 0 spiro atoms. The van der Waals surface area contributed by atoms with Gasteiger partial charge in [0, 0.05) is 17.3 Å². The summed E-state index contributed by atoms with van der Waals surface area (Å²) < 4.78 is 0. The van der Waals surface area contributed by atoms with Crippen molar-refractivity contribution in [3.8, 4) is 0 Å². The molecule has 1 heterocycles. The first kappa shape index (κ1) is 13.7.